The van der Waals surface area contributed by atoms with E-state index >= 15 is 0 Å². The van der Waals surface area contributed by atoms with Gasteiger partial charge >= 0.3 is 0 Å². The molecule has 3 atom stereocenters. The van der Waals surface area contributed by atoms with Crippen molar-refractivity contribution in [1.29, 1.82) is 0 Å². The third-order valence-electron chi connectivity index (χ3n) is 4.23. The van der Waals surface area contributed by atoms with E-state index in [1.165, 1.54) is 18.4 Å². The van der Waals surface area contributed by atoms with Gasteiger partial charge in [-0.05, 0) is 37.7 Å². The van der Waals surface area contributed by atoms with Crippen LogP contribution in [0.4, 0.5) is 0 Å². The van der Waals surface area contributed by atoms with Gasteiger partial charge in [0.15, 0.2) is 0 Å². The van der Waals surface area contributed by atoms with Crippen molar-refractivity contribution in [3.63, 3.8) is 0 Å². The van der Waals surface area contributed by atoms with Gasteiger partial charge in [0.2, 0.25) is 0 Å². The fraction of sp³-hybridized carbons (Fsp3) is 0.786. The monoisotopic (exact) mass is 250 g/mol. The van der Waals surface area contributed by atoms with E-state index in [9.17, 15) is 5.11 Å². The molecule has 1 aliphatic heterocycles. The summed E-state index contributed by atoms with van der Waals surface area (Å²) in [7, 11) is 0. The maximum atomic E-state index is 10.1. The van der Waals surface area contributed by atoms with Gasteiger partial charge in [0.05, 0.1) is 12.3 Å². The van der Waals surface area contributed by atoms with Gasteiger partial charge in [-0.1, -0.05) is 12.8 Å². The molecule has 0 radical (unpaired) electrons. The van der Waals surface area contributed by atoms with Crippen molar-refractivity contribution in [2.24, 2.45) is 0 Å². The molecule has 2 aliphatic rings. The molecular weight excluding hydrogens is 228 g/mol. The van der Waals surface area contributed by atoms with Crippen LogP contribution in [0.5, 0.6) is 0 Å². The Morgan fingerprint density at radius 1 is 1.17 bits per heavy atom. The number of aliphatic hydroxyl groups is 1. The van der Waals surface area contributed by atoms with Crippen LogP contribution in [0.1, 0.15) is 62.7 Å². The van der Waals surface area contributed by atoms with E-state index in [0.29, 0.717) is 0 Å². The summed E-state index contributed by atoms with van der Waals surface area (Å²) in [5.41, 5.74) is 1.18. The van der Waals surface area contributed by atoms with Crippen LogP contribution in [0, 0.1) is 0 Å². The Balaban J connectivity index is 1.71. The van der Waals surface area contributed by atoms with Crippen LogP contribution >= 0.6 is 0 Å². The van der Waals surface area contributed by atoms with Crippen LogP contribution in [0.25, 0.3) is 0 Å². The van der Waals surface area contributed by atoms with Crippen LogP contribution in [0.3, 0.4) is 0 Å². The third kappa shape index (κ3) is 2.45. The predicted molar refractivity (Wildman–Crippen MR) is 68.3 cm³/mol. The van der Waals surface area contributed by atoms with Crippen molar-refractivity contribution in [2.45, 2.75) is 63.2 Å². The average Bonchev–Trinajstić information content (AvgIpc) is 2.90. The van der Waals surface area contributed by atoms with Crippen molar-refractivity contribution in [3.8, 4) is 0 Å². The molecule has 1 aromatic rings. The van der Waals surface area contributed by atoms with Gasteiger partial charge in [0.25, 0.3) is 0 Å². The van der Waals surface area contributed by atoms with Crippen molar-refractivity contribution >= 4 is 0 Å². The minimum absolute atomic E-state index is 0.105. The van der Waals surface area contributed by atoms with E-state index in [1.54, 1.807) is 0 Å². The van der Waals surface area contributed by atoms with Gasteiger partial charge in [-0.25, -0.2) is 4.68 Å². The zero-order valence-electron chi connectivity index (χ0n) is 10.8. The Morgan fingerprint density at radius 2 is 2.00 bits per heavy atom. The van der Waals surface area contributed by atoms with Gasteiger partial charge in [-0.2, -0.15) is 5.10 Å². The minimum atomic E-state index is -0.191. The lowest BCUT2D eigenvalue weighted by Gasteiger charge is -2.27. The molecule has 1 N–H and O–H groups in total. The van der Waals surface area contributed by atoms with Crippen LogP contribution in [0.15, 0.2) is 12.4 Å². The fourth-order valence-corrected chi connectivity index (χ4v) is 3.13. The molecule has 0 bridgehead atoms. The Morgan fingerprint density at radius 3 is 2.78 bits per heavy atom. The molecule has 2 fully saturated rings. The second-order valence-corrected chi connectivity index (χ2v) is 5.53. The van der Waals surface area contributed by atoms with E-state index in [4.69, 9.17) is 4.74 Å². The highest BCUT2D eigenvalue weighted by atomic mass is 16.5. The highest BCUT2D eigenvalue weighted by Crippen LogP contribution is 2.33. The third-order valence-corrected chi connectivity index (χ3v) is 4.23. The quantitative estimate of drug-likeness (QED) is 0.877. The number of rotatable bonds is 2. The van der Waals surface area contributed by atoms with Crippen LogP contribution in [-0.4, -0.2) is 27.6 Å². The largest absolute Gasteiger partial charge is 0.392 e. The molecule has 3 rings (SSSR count). The van der Waals surface area contributed by atoms with Crippen molar-refractivity contribution in [3.05, 3.63) is 18.0 Å². The Hall–Kier alpha value is -0.870. The first-order valence-electron chi connectivity index (χ1n) is 7.18. The van der Waals surface area contributed by atoms with Crippen LogP contribution < -0.4 is 0 Å². The lowest BCUT2D eigenvalue weighted by Crippen LogP contribution is -2.22. The summed E-state index contributed by atoms with van der Waals surface area (Å²) in [5.74, 6) is 0.274. The Bertz CT molecular complexity index is 385. The number of aliphatic hydroxyl groups excluding tert-OH is 1. The second kappa shape index (κ2) is 5.41. The number of aromatic nitrogens is 2. The SMILES string of the molecule is OC1CCCC[C@@H]1c1cnn(C2CCCCO2)c1. The van der Waals surface area contributed by atoms with Gasteiger partial charge in [-0.3, -0.25) is 0 Å². The molecule has 0 aromatic carbocycles. The molecule has 18 heavy (non-hydrogen) atoms. The van der Waals surface area contributed by atoms with E-state index in [0.717, 1.165) is 38.7 Å². The fourth-order valence-electron chi connectivity index (χ4n) is 3.13. The summed E-state index contributed by atoms with van der Waals surface area (Å²) in [6.45, 7) is 0.839. The second-order valence-electron chi connectivity index (χ2n) is 5.53. The molecular formula is C14H22N2O2. The zero-order chi connectivity index (χ0) is 12.4. The molecule has 0 amide bonds. The van der Waals surface area contributed by atoms with E-state index < -0.39 is 0 Å². The smallest absolute Gasteiger partial charge is 0.150 e. The highest BCUT2D eigenvalue weighted by molar-refractivity contribution is 5.14. The summed E-state index contributed by atoms with van der Waals surface area (Å²) < 4.78 is 7.67. The number of hydrogen-bond donors (Lipinski definition) is 1. The maximum Gasteiger partial charge on any atom is 0.150 e. The number of hydrogen-bond acceptors (Lipinski definition) is 3. The molecule has 100 valence electrons. The number of nitrogens with zero attached hydrogens (tertiary/aromatic N) is 2. The maximum absolute atomic E-state index is 10.1. The lowest BCUT2D eigenvalue weighted by molar-refractivity contribution is -0.0395. The van der Waals surface area contributed by atoms with Crippen molar-refractivity contribution < 1.29 is 9.84 Å². The van der Waals surface area contributed by atoms with Crippen molar-refractivity contribution in [1.82, 2.24) is 9.78 Å². The first-order chi connectivity index (χ1) is 8.84. The normalized spacial score (nSPS) is 33.5. The summed E-state index contributed by atoms with van der Waals surface area (Å²) in [5, 5.41) is 14.5. The molecule has 1 aliphatic carbocycles. The molecule has 2 unspecified atom stereocenters. The Kier molecular flexibility index (Phi) is 3.66. The molecule has 1 aromatic heterocycles. The standard InChI is InChI=1S/C14H22N2O2/c17-13-6-2-1-5-12(13)11-9-15-16(10-11)14-7-3-4-8-18-14/h9-10,12-14,17H,1-8H2/t12-,13?,14?/m1/s1. The topological polar surface area (TPSA) is 47.3 Å². The molecule has 1 saturated heterocycles. The summed E-state index contributed by atoms with van der Waals surface area (Å²) in [6.07, 6.45) is 11.7. The molecule has 4 nitrogen and oxygen atoms in total. The first kappa shape index (κ1) is 12.2. The van der Waals surface area contributed by atoms with Gasteiger partial charge < -0.3 is 9.84 Å². The molecule has 2 heterocycles. The van der Waals surface area contributed by atoms with Crippen molar-refractivity contribution in [2.75, 3.05) is 6.61 Å². The van der Waals surface area contributed by atoms with E-state index in [2.05, 4.69) is 11.3 Å². The molecule has 4 heteroatoms. The minimum Gasteiger partial charge on any atom is -0.392 e. The van der Waals surface area contributed by atoms with Gasteiger partial charge in [-0.15, -0.1) is 0 Å². The van der Waals surface area contributed by atoms with E-state index in [-0.39, 0.29) is 18.2 Å². The first-order valence-corrected chi connectivity index (χ1v) is 7.18. The van der Waals surface area contributed by atoms with Gasteiger partial charge in [0.1, 0.15) is 6.23 Å². The van der Waals surface area contributed by atoms with Crippen LogP contribution in [-0.2, 0) is 4.74 Å². The predicted octanol–water partition coefficient (Wildman–Crippen LogP) is 2.60. The molecule has 1 saturated carbocycles. The summed E-state index contributed by atoms with van der Waals surface area (Å²) in [6, 6.07) is 0. The van der Waals surface area contributed by atoms with Crippen LogP contribution in [0.2, 0.25) is 0 Å². The number of ether oxygens (including phenoxy) is 1. The molecule has 0 spiro atoms. The van der Waals surface area contributed by atoms with E-state index in [1.807, 2.05) is 10.9 Å². The average molecular weight is 250 g/mol. The highest BCUT2D eigenvalue weighted by Gasteiger charge is 2.26. The zero-order valence-corrected chi connectivity index (χ0v) is 10.8. The summed E-state index contributed by atoms with van der Waals surface area (Å²) >= 11 is 0. The lowest BCUT2D eigenvalue weighted by atomic mass is 9.83. The Labute approximate surface area is 108 Å². The summed E-state index contributed by atoms with van der Waals surface area (Å²) in [4.78, 5) is 0. The van der Waals surface area contributed by atoms with Gasteiger partial charge in [0, 0.05) is 18.7 Å².